The van der Waals surface area contributed by atoms with Crippen LogP contribution in [-0.2, 0) is 19.3 Å². The van der Waals surface area contributed by atoms with Crippen LogP contribution in [0.25, 0.3) is 0 Å². The molecule has 0 aromatic heterocycles. The van der Waals surface area contributed by atoms with Crippen molar-refractivity contribution < 1.29 is 18.8 Å². The Morgan fingerprint density at radius 1 is 1.06 bits per heavy atom. The number of benzene rings is 3. The first-order valence-electron chi connectivity index (χ1n) is 10.8. The number of anilines is 3. The predicted octanol–water partition coefficient (Wildman–Crippen LogP) is 4.36. The van der Waals surface area contributed by atoms with Crippen molar-refractivity contribution in [1.82, 2.24) is 0 Å². The number of carbonyl (C=O) groups excluding carboxylic acids is 3. The highest BCUT2D eigenvalue weighted by atomic mass is 32.2. The zero-order valence-corrected chi connectivity index (χ0v) is 19.5. The summed E-state index contributed by atoms with van der Waals surface area (Å²) in [6.45, 7) is 3.67. The highest BCUT2D eigenvalue weighted by molar-refractivity contribution is 8.02. The summed E-state index contributed by atoms with van der Waals surface area (Å²) in [5.74, 6) is -1.47. The molecule has 172 valence electrons. The molecule has 8 heteroatoms. The summed E-state index contributed by atoms with van der Waals surface area (Å²) in [4.78, 5) is 41.3. The van der Waals surface area contributed by atoms with E-state index in [1.54, 1.807) is 30.3 Å². The lowest BCUT2D eigenvalue weighted by Gasteiger charge is -2.33. The van der Waals surface area contributed by atoms with Gasteiger partial charge in [0.2, 0.25) is 16.7 Å². The molecule has 2 heterocycles. The second kappa shape index (κ2) is 8.29. The number of amides is 3. The Labute approximate surface area is 200 Å². The summed E-state index contributed by atoms with van der Waals surface area (Å²) in [6, 6.07) is 18.5. The number of nitrogens with zero attached hydrogens (tertiary/aromatic N) is 2. The van der Waals surface area contributed by atoms with Crippen LogP contribution in [-0.4, -0.2) is 30.0 Å². The van der Waals surface area contributed by atoms with Crippen molar-refractivity contribution in [2.75, 3.05) is 27.4 Å². The number of fused-ring (bicyclic) bond motifs is 2. The average molecular weight is 476 g/mol. The molecular formula is C26H22FN3O3S. The molecule has 2 aliphatic rings. The minimum absolute atomic E-state index is 0.0686. The summed E-state index contributed by atoms with van der Waals surface area (Å²) in [7, 11) is 0. The highest BCUT2D eigenvalue weighted by Crippen LogP contribution is 2.55. The maximum absolute atomic E-state index is 14.0. The van der Waals surface area contributed by atoms with Crippen molar-refractivity contribution in [3.8, 4) is 0 Å². The van der Waals surface area contributed by atoms with Crippen molar-refractivity contribution >= 4 is 46.5 Å². The fourth-order valence-electron chi connectivity index (χ4n) is 4.61. The first kappa shape index (κ1) is 22.2. The van der Waals surface area contributed by atoms with Gasteiger partial charge in [0.05, 0.1) is 11.4 Å². The monoisotopic (exact) mass is 475 g/mol. The van der Waals surface area contributed by atoms with Gasteiger partial charge in [0.15, 0.2) is 0 Å². The highest BCUT2D eigenvalue weighted by Gasteiger charge is 2.61. The van der Waals surface area contributed by atoms with Crippen LogP contribution >= 0.6 is 11.8 Å². The molecule has 0 radical (unpaired) electrons. The van der Waals surface area contributed by atoms with Crippen molar-refractivity contribution in [3.05, 3.63) is 89.2 Å². The first-order valence-corrected chi connectivity index (χ1v) is 11.8. The Hall–Kier alpha value is -3.65. The molecule has 1 spiro atoms. The molecular weight excluding hydrogens is 453 g/mol. The summed E-state index contributed by atoms with van der Waals surface area (Å²) in [5, 5.41) is 2.88. The lowest BCUT2D eigenvalue weighted by atomic mass is 10.0. The van der Waals surface area contributed by atoms with Crippen LogP contribution in [0.3, 0.4) is 0 Å². The third-order valence-corrected chi connectivity index (χ3v) is 7.47. The molecule has 2 aliphatic heterocycles. The Morgan fingerprint density at radius 3 is 2.62 bits per heavy atom. The number of hydrogen-bond acceptors (Lipinski definition) is 4. The third-order valence-electron chi connectivity index (χ3n) is 6.09. The zero-order chi connectivity index (χ0) is 24.0. The van der Waals surface area contributed by atoms with Gasteiger partial charge in [-0.25, -0.2) is 4.39 Å². The molecule has 0 bridgehead atoms. The van der Waals surface area contributed by atoms with Gasteiger partial charge in [-0.15, -0.1) is 11.8 Å². The Balaban J connectivity index is 1.51. The van der Waals surface area contributed by atoms with E-state index in [9.17, 15) is 18.8 Å². The molecule has 1 N–H and O–H groups in total. The number of rotatable bonds is 4. The number of hydrogen-bond donors (Lipinski definition) is 1. The van der Waals surface area contributed by atoms with E-state index in [-0.39, 0.29) is 24.1 Å². The van der Waals surface area contributed by atoms with Gasteiger partial charge in [-0.3, -0.25) is 24.2 Å². The van der Waals surface area contributed by atoms with Gasteiger partial charge in [-0.1, -0.05) is 42.0 Å². The van der Waals surface area contributed by atoms with Crippen LogP contribution < -0.4 is 15.1 Å². The lowest BCUT2D eigenvalue weighted by molar-refractivity contribution is -0.124. The van der Waals surface area contributed by atoms with Crippen molar-refractivity contribution in [2.45, 2.75) is 18.7 Å². The number of halogens is 1. The first-order chi connectivity index (χ1) is 16.3. The Kier molecular flexibility index (Phi) is 5.40. The van der Waals surface area contributed by atoms with Gasteiger partial charge in [0, 0.05) is 16.9 Å². The standard InChI is InChI=1S/C26H22FN3O3S/c1-16-10-11-21(17(2)12-16)28-23(31)14-29-22-9-4-3-8-20(22)26(25(29)33)30(24(32)15-34-26)19-7-5-6-18(27)13-19/h3-13H,14-15H2,1-2H3,(H,28,31). The molecule has 6 nitrogen and oxygen atoms in total. The van der Waals surface area contributed by atoms with E-state index < -0.39 is 16.6 Å². The smallest absolute Gasteiger partial charge is 0.269 e. The van der Waals surface area contributed by atoms with Crippen LogP contribution in [0.5, 0.6) is 0 Å². The Bertz CT molecular complexity index is 1340. The summed E-state index contributed by atoms with van der Waals surface area (Å²) in [6.07, 6.45) is 0. The van der Waals surface area contributed by atoms with E-state index >= 15 is 0 Å². The fourth-order valence-corrected chi connectivity index (χ4v) is 5.97. The molecule has 0 saturated carbocycles. The number of carbonyl (C=O) groups is 3. The molecule has 34 heavy (non-hydrogen) atoms. The van der Waals surface area contributed by atoms with E-state index in [4.69, 9.17) is 0 Å². The SMILES string of the molecule is Cc1ccc(NC(=O)CN2C(=O)C3(SCC(=O)N3c3cccc(F)c3)c3ccccc32)c(C)c1. The Morgan fingerprint density at radius 2 is 1.85 bits per heavy atom. The van der Waals surface area contributed by atoms with Crippen LogP contribution in [0.2, 0.25) is 0 Å². The molecule has 1 fully saturated rings. The maximum Gasteiger partial charge on any atom is 0.269 e. The van der Waals surface area contributed by atoms with E-state index in [1.807, 2.05) is 32.0 Å². The predicted molar refractivity (Wildman–Crippen MR) is 131 cm³/mol. The third kappa shape index (κ3) is 3.45. The molecule has 1 saturated heterocycles. The van der Waals surface area contributed by atoms with Gasteiger partial charge in [0.25, 0.3) is 5.91 Å². The molecule has 3 aromatic carbocycles. The normalized spacial score (nSPS) is 19.1. The van der Waals surface area contributed by atoms with Gasteiger partial charge in [-0.05, 0) is 49.7 Å². The van der Waals surface area contributed by atoms with Gasteiger partial charge >= 0.3 is 0 Å². The largest absolute Gasteiger partial charge is 0.324 e. The molecule has 5 rings (SSSR count). The molecule has 3 amide bonds. The summed E-state index contributed by atoms with van der Waals surface area (Å²) >= 11 is 1.19. The van der Waals surface area contributed by atoms with E-state index in [2.05, 4.69) is 5.32 Å². The van der Waals surface area contributed by atoms with E-state index in [1.165, 1.54) is 39.8 Å². The average Bonchev–Trinajstić information content (AvgIpc) is 3.27. The number of aryl methyl sites for hydroxylation is 2. The van der Waals surface area contributed by atoms with Crippen molar-refractivity contribution in [1.29, 1.82) is 0 Å². The number of nitrogens with one attached hydrogen (secondary N) is 1. The summed E-state index contributed by atoms with van der Waals surface area (Å²) < 4.78 is 14.0. The van der Waals surface area contributed by atoms with Gasteiger partial charge < -0.3 is 5.32 Å². The summed E-state index contributed by atoms with van der Waals surface area (Å²) in [5.41, 5.74) is 4.16. The maximum atomic E-state index is 14.0. The quantitative estimate of drug-likeness (QED) is 0.609. The molecule has 1 atom stereocenters. The topological polar surface area (TPSA) is 69.7 Å². The minimum Gasteiger partial charge on any atom is -0.324 e. The second-order valence-corrected chi connectivity index (χ2v) is 9.58. The minimum atomic E-state index is -1.39. The van der Waals surface area contributed by atoms with E-state index in [0.29, 0.717) is 22.6 Å². The number of para-hydroxylation sites is 1. The molecule has 1 unspecified atom stereocenters. The zero-order valence-electron chi connectivity index (χ0n) is 18.7. The van der Waals surface area contributed by atoms with Gasteiger partial charge in [0.1, 0.15) is 12.4 Å². The molecule has 3 aromatic rings. The van der Waals surface area contributed by atoms with Crippen LogP contribution in [0.15, 0.2) is 66.7 Å². The van der Waals surface area contributed by atoms with Crippen LogP contribution in [0.4, 0.5) is 21.5 Å². The van der Waals surface area contributed by atoms with Gasteiger partial charge in [-0.2, -0.15) is 0 Å². The van der Waals surface area contributed by atoms with Crippen LogP contribution in [0, 0.1) is 19.7 Å². The van der Waals surface area contributed by atoms with E-state index in [0.717, 1.165) is 11.1 Å². The van der Waals surface area contributed by atoms with Crippen molar-refractivity contribution in [3.63, 3.8) is 0 Å². The fraction of sp³-hybridized carbons (Fsp3) is 0.192. The lowest BCUT2D eigenvalue weighted by Crippen LogP contribution is -2.50. The van der Waals surface area contributed by atoms with Crippen molar-refractivity contribution in [2.24, 2.45) is 0 Å². The number of thioether (sulfide) groups is 1. The van der Waals surface area contributed by atoms with Crippen LogP contribution in [0.1, 0.15) is 16.7 Å². The molecule has 0 aliphatic carbocycles. The second-order valence-electron chi connectivity index (χ2n) is 8.42.